The molecule has 1 saturated heterocycles. The third kappa shape index (κ3) is 3.31. The van der Waals surface area contributed by atoms with Gasteiger partial charge in [-0.05, 0) is 19.1 Å². The highest BCUT2D eigenvalue weighted by molar-refractivity contribution is 7.89. The quantitative estimate of drug-likeness (QED) is 0.810. The zero-order chi connectivity index (χ0) is 16.4. The highest BCUT2D eigenvalue weighted by Gasteiger charge is 2.32. The number of benzene rings is 1. The molecule has 23 heavy (non-hydrogen) atoms. The lowest BCUT2D eigenvalue weighted by Gasteiger charge is -2.35. The van der Waals surface area contributed by atoms with E-state index >= 15 is 0 Å². The maximum atomic E-state index is 12.6. The minimum Gasteiger partial charge on any atom is -0.338 e. The lowest BCUT2D eigenvalue weighted by Crippen LogP contribution is -2.54. The van der Waals surface area contributed by atoms with E-state index in [0.717, 1.165) is 5.56 Å². The van der Waals surface area contributed by atoms with Crippen LogP contribution in [0.5, 0.6) is 0 Å². The summed E-state index contributed by atoms with van der Waals surface area (Å²) in [5.41, 5.74) is 1.02. The maximum Gasteiger partial charge on any atom is 0.243 e. The van der Waals surface area contributed by atoms with Gasteiger partial charge in [-0.25, -0.2) is 8.42 Å². The van der Waals surface area contributed by atoms with E-state index in [-0.39, 0.29) is 11.9 Å². The molecule has 2 aliphatic heterocycles. The van der Waals surface area contributed by atoms with Crippen LogP contribution in [0, 0.1) is 6.92 Å². The highest BCUT2D eigenvalue weighted by atomic mass is 32.2. The third-order valence-corrected chi connectivity index (χ3v) is 6.17. The Labute approximate surface area is 136 Å². The van der Waals surface area contributed by atoms with Gasteiger partial charge in [0.15, 0.2) is 0 Å². The Hall–Kier alpha value is -1.70. The van der Waals surface area contributed by atoms with Crippen LogP contribution >= 0.6 is 0 Å². The van der Waals surface area contributed by atoms with Crippen LogP contribution in [0.1, 0.15) is 5.56 Å². The highest BCUT2D eigenvalue weighted by Crippen LogP contribution is 2.18. The van der Waals surface area contributed by atoms with Gasteiger partial charge in [-0.3, -0.25) is 10.1 Å². The van der Waals surface area contributed by atoms with Gasteiger partial charge in [0, 0.05) is 32.7 Å². The molecule has 0 saturated carbocycles. The molecule has 0 aromatic heterocycles. The number of amides is 1. The largest absolute Gasteiger partial charge is 0.338 e. The first kappa shape index (κ1) is 16.2. The second kappa shape index (κ2) is 6.43. The number of hydrogen-bond acceptors (Lipinski definition) is 4. The summed E-state index contributed by atoms with van der Waals surface area (Å²) in [6.45, 7) is 4.15. The molecule has 0 spiro atoms. The first-order valence-electron chi connectivity index (χ1n) is 7.74. The second-order valence-corrected chi connectivity index (χ2v) is 7.79. The number of carbonyl (C=O) groups excluding carboxylic acids is 1. The van der Waals surface area contributed by atoms with Gasteiger partial charge in [-0.2, -0.15) is 4.31 Å². The molecule has 0 unspecified atom stereocenters. The van der Waals surface area contributed by atoms with Gasteiger partial charge in [0.25, 0.3) is 0 Å². The molecule has 2 heterocycles. The Kier molecular flexibility index (Phi) is 4.52. The van der Waals surface area contributed by atoms with Crippen molar-refractivity contribution in [1.29, 1.82) is 0 Å². The molecule has 1 aromatic rings. The van der Waals surface area contributed by atoms with Gasteiger partial charge in [0.05, 0.1) is 4.90 Å². The Morgan fingerprint density at radius 3 is 2.35 bits per heavy atom. The van der Waals surface area contributed by atoms with Crippen LogP contribution in [0.25, 0.3) is 0 Å². The zero-order valence-corrected chi connectivity index (χ0v) is 13.9. The van der Waals surface area contributed by atoms with Crippen molar-refractivity contribution < 1.29 is 13.2 Å². The molecule has 7 heteroatoms. The van der Waals surface area contributed by atoms with Crippen LogP contribution in [-0.4, -0.2) is 62.3 Å². The van der Waals surface area contributed by atoms with Crippen molar-refractivity contribution in [3.05, 3.63) is 42.0 Å². The molecule has 6 nitrogen and oxygen atoms in total. The molecule has 0 bridgehead atoms. The SMILES string of the molecule is Cc1ccc(S(=O)(=O)N2CCN(C(=O)[C@@H]3C=CCN3)CC2)cc1. The number of nitrogens with one attached hydrogen (secondary N) is 1. The van der Waals surface area contributed by atoms with Crippen molar-refractivity contribution in [2.75, 3.05) is 32.7 Å². The van der Waals surface area contributed by atoms with Gasteiger partial charge >= 0.3 is 0 Å². The first-order valence-corrected chi connectivity index (χ1v) is 9.18. The number of hydrogen-bond donors (Lipinski definition) is 1. The first-order chi connectivity index (χ1) is 11.0. The van der Waals surface area contributed by atoms with Crippen LogP contribution in [-0.2, 0) is 14.8 Å². The summed E-state index contributed by atoms with van der Waals surface area (Å²) in [6.07, 6.45) is 3.79. The van der Waals surface area contributed by atoms with E-state index in [0.29, 0.717) is 37.6 Å². The summed E-state index contributed by atoms with van der Waals surface area (Å²) in [5.74, 6) is 0.0196. The van der Waals surface area contributed by atoms with Crippen LogP contribution in [0.4, 0.5) is 0 Å². The molecule has 1 fully saturated rings. The van der Waals surface area contributed by atoms with E-state index in [1.54, 1.807) is 29.2 Å². The summed E-state index contributed by atoms with van der Waals surface area (Å²) in [5, 5.41) is 3.09. The van der Waals surface area contributed by atoms with Gasteiger partial charge in [-0.15, -0.1) is 0 Å². The van der Waals surface area contributed by atoms with Crippen LogP contribution < -0.4 is 5.32 Å². The number of sulfonamides is 1. The lowest BCUT2D eigenvalue weighted by atomic mass is 10.2. The maximum absolute atomic E-state index is 12.6. The topological polar surface area (TPSA) is 69.7 Å². The Balaban J connectivity index is 1.65. The van der Waals surface area contributed by atoms with Crippen molar-refractivity contribution in [2.24, 2.45) is 0 Å². The number of nitrogens with zero attached hydrogens (tertiary/aromatic N) is 2. The summed E-state index contributed by atoms with van der Waals surface area (Å²) in [4.78, 5) is 14.3. The van der Waals surface area contributed by atoms with E-state index in [2.05, 4.69) is 5.32 Å². The normalized spacial score (nSPS) is 22.5. The van der Waals surface area contributed by atoms with Gasteiger partial charge in [-0.1, -0.05) is 29.8 Å². The van der Waals surface area contributed by atoms with Gasteiger partial charge in [0.2, 0.25) is 15.9 Å². The van der Waals surface area contributed by atoms with Gasteiger partial charge < -0.3 is 4.90 Å². The van der Waals surface area contributed by atoms with E-state index in [9.17, 15) is 13.2 Å². The van der Waals surface area contributed by atoms with E-state index in [1.807, 2.05) is 19.1 Å². The van der Waals surface area contributed by atoms with E-state index in [1.165, 1.54) is 4.31 Å². The summed E-state index contributed by atoms with van der Waals surface area (Å²) in [6, 6.07) is 6.59. The summed E-state index contributed by atoms with van der Waals surface area (Å²) in [7, 11) is -3.48. The standard InChI is InChI=1S/C16H21N3O3S/c1-13-4-6-14(7-5-13)23(21,22)19-11-9-18(10-12-19)16(20)15-3-2-8-17-15/h2-7,15,17H,8-12H2,1H3/t15-/m0/s1. The smallest absolute Gasteiger partial charge is 0.243 e. The lowest BCUT2D eigenvalue weighted by molar-refractivity contribution is -0.133. The van der Waals surface area contributed by atoms with Crippen molar-refractivity contribution in [3.8, 4) is 0 Å². The van der Waals surface area contributed by atoms with Crippen LogP contribution in [0.3, 0.4) is 0 Å². The average molecular weight is 335 g/mol. The predicted octanol–water partition coefficient (Wildman–Crippen LogP) is 0.356. The van der Waals surface area contributed by atoms with Crippen molar-refractivity contribution >= 4 is 15.9 Å². The fraction of sp³-hybridized carbons (Fsp3) is 0.438. The molecule has 2 aliphatic rings. The number of aryl methyl sites for hydroxylation is 1. The molecule has 1 aromatic carbocycles. The minimum atomic E-state index is -3.48. The van der Waals surface area contributed by atoms with Crippen LogP contribution in [0.2, 0.25) is 0 Å². The number of piperazine rings is 1. The second-order valence-electron chi connectivity index (χ2n) is 5.86. The molecule has 124 valence electrons. The molecule has 1 atom stereocenters. The monoisotopic (exact) mass is 335 g/mol. The third-order valence-electron chi connectivity index (χ3n) is 4.26. The molecule has 0 aliphatic carbocycles. The minimum absolute atomic E-state index is 0.0196. The van der Waals surface area contributed by atoms with E-state index < -0.39 is 10.0 Å². The fourth-order valence-electron chi connectivity index (χ4n) is 2.84. The number of carbonyl (C=O) groups is 1. The van der Waals surface area contributed by atoms with Crippen LogP contribution in [0.15, 0.2) is 41.3 Å². The molecular formula is C16H21N3O3S. The van der Waals surface area contributed by atoms with Crippen molar-refractivity contribution in [1.82, 2.24) is 14.5 Å². The Bertz CT molecular complexity index is 705. The summed E-state index contributed by atoms with van der Waals surface area (Å²) >= 11 is 0. The molecular weight excluding hydrogens is 314 g/mol. The summed E-state index contributed by atoms with van der Waals surface area (Å²) < 4.78 is 26.7. The average Bonchev–Trinajstić information content (AvgIpc) is 3.09. The molecule has 0 radical (unpaired) electrons. The molecule has 3 rings (SSSR count). The zero-order valence-electron chi connectivity index (χ0n) is 13.1. The Morgan fingerprint density at radius 2 is 1.78 bits per heavy atom. The van der Waals surface area contributed by atoms with Crippen molar-refractivity contribution in [3.63, 3.8) is 0 Å². The Morgan fingerprint density at radius 1 is 1.13 bits per heavy atom. The molecule has 1 N–H and O–H groups in total. The van der Waals surface area contributed by atoms with Gasteiger partial charge in [0.1, 0.15) is 6.04 Å². The predicted molar refractivity (Wildman–Crippen MR) is 87.4 cm³/mol. The van der Waals surface area contributed by atoms with Crippen molar-refractivity contribution in [2.45, 2.75) is 17.9 Å². The fourth-order valence-corrected chi connectivity index (χ4v) is 4.26. The molecule has 1 amide bonds. The van der Waals surface area contributed by atoms with E-state index in [4.69, 9.17) is 0 Å². The number of rotatable bonds is 3.